The second-order valence-corrected chi connectivity index (χ2v) is 12.9. The number of benzene rings is 3. The van der Waals surface area contributed by atoms with Gasteiger partial charge in [-0.2, -0.15) is 0 Å². The zero-order valence-electron chi connectivity index (χ0n) is 24.7. The molecule has 0 aliphatic heterocycles. The topological polar surface area (TPSA) is 105 Å². The van der Waals surface area contributed by atoms with Crippen LogP contribution in [0.2, 0.25) is 5.02 Å². The number of amides is 2. The van der Waals surface area contributed by atoms with Crippen molar-refractivity contribution in [3.05, 3.63) is 88.9 Å². The van der Waals surface area contributed by atoms with Crippen molar-refractivity contribution in [3.63, 3.8) is 0 Å². The molecule has 0 aromatic heterocycles. The van der Waals surface area contributed by atoms with Crippen molar-refractivity contribution >= 4 is 39.1 Å². The summed E-state index contributed by atoms with van der Waals surface area (Å²) >= 11 is 6.53. The fraction of sp³-hybridized carbons (Fsp3) is 0.375. The van der Waals surface area contributed by atoms with Crippen molar-refractivity contribution in [2.45, 2.75) is 50.7 Å². The average molecular weight is 628 g/mol. The summed E-state index contributed by atoms with van der Waals surface area (Å²) < 4.78 is 38.1. The standard InChI is InChI=1S/C32H38ClN3O6S/c1-41-26-17-18-30(42-2)28(20-26)36(43(3,39)40)22-31(37)35(21-24-13-7-10-16-27(24)33)29(19-23-11-5-4-6-12-23)32(38)34-25-14-8-9-15-25/h4-7,10-13,16-18,20,25,29H,8-9,14-15,19,21-22H2,1-3H3,(H,34,38). The average Bonchev–Trinajstić information content (AvgIpc) is 3.51. The first-order chi connectivity index (χ1) is 20.6. The van der Waals surface area contributed by atoms with Gasteiger partial charge < -0.3 is 19.7 Å². The smallest absolute Gasteiger partial charge is 0.244 e. The summed E-state index contributed by atoms with van der Waals surface area (Å²) in [5.74, 6) is -0.224. The number of methoxy groups -OCH3 is 2. The molecule has 230 valence electrons. The number of rotatable bonds is 13. The van der Waals surface area contributed by atoms with Gasteiger partial charge in [0.05, 0.1) is 26.2 Å². The van der Waals surface area contributed by atoms with Gasteiger partial charge in [0.2, 0.25) is 21.8 Å². The minimum atomic E-state index is -3.98. The molecule has 9 nitrogen and oxygen atoms in total. The molecule has 1 atom stereocenters. The van der Waals surface area contributed by atoms with Gasteiger partial charge in [-0.1, -0.05) is 73.0 Å². The largest absolute Gasteiger partial charge is 0.497 e. The van der Waals surface area contributed by atoms with Crippen LogP contribution in [0, 0.1) is 0 Å². The van der Waals surface area contributed by atoms with Crippen LogP contribution in [0.1, 0.15) is 36.8 Å². The zero-order chi connectivity index (χ0) is 31.0. The maximum Gasteiger partial charge on any atom is 0.244 e. The predicted octanol–water partition coefficient (Wildman–Crippen LogP) is 4.82. The third-order valence-corrected chi connectivity index (χ3v) is 9.10. The normalized spacial score (nSPS) is 14.1. The minimum absolute atomic E-state index is 0.000934. The molecule has 0 radical (unpaired) electrons. The minimum Gasteiger partial charge on any atom is -0.497 e. The Bertz CT molecular complexity index is 1510. The molecule has 43 heavy (non-hydrogen) atoms. The highest BCUT2D eigenvalue weighted by atomic mass is 35.5. The number of ether oxygens (including phenoxy) is 2. The summed E-state index contributed by atoms with van der Waals surface area (Å²) in [5, 5.41) is 3.58. The van der Waals surface area contributed by atoms with E-state index in [1.54, 1.807) is 36.4 Å². The molecule has 1 aliphatic carbocycles. The van der Waals surface area contributed by atoms with Crippen molar-refractivity contribution < 1.29 is 27.5 Å². The van der Waals surface area contributed by atoms with E-state index < -0.39 is 28.5 Å². The van der Waals surface area contributed by atoms with Crippen molar-refractivity contribution in [2.24, 2.45) is 0 Å². The first-order valence-corrected chi connectivity index (χ1v) is 16.4. The summed E-state index contributed by atoms with van der Waals surface area (Å²) in [6.45, 7) is -0.574. The van der Waals surface area contributed by atoms with E-state index in [4.69, 9.17) is 21.1 Å². The van der Waals surface area contributed by atoms with Gasteiger partial charge in [-0.3, -0.25) is 13.9 Å². The summed E-state index contributed by atoms with van der Waals surface area (Å²) in [6, 6.07) is 20.3. The number of nitrogens with one attached hydrogen (secondary N) is 1. The van der Waals surface area contributed by atoms with E-state index in [1.807, 2.05) is 30.3 Å². The molecule has 1 fully saturated rings. The number of anilines is 1. The van der Waals surface area contributed by atoms with Gasteiger partial charge in [-0.05, 0) is 42.2 Å². The van der Waals surface area contributed by atoms with Crippen molar-refractivity contribution in [1.82, 2.24) is 10.2 Å². The van der Waals surface area contributed by atoms with E-state index in [0.717, 1.165) is 41.8 Å². The van der Waals surface area contributed by atoms with Crippen LogP contribution in [-0.4, -0.2) is 64.2 Å². The number of hydrogen-bond donors (Lipinski definition) is 1. The number of hydrogen-bond acceptors (Lipinski definition) is 6. The number of carbonyl (C=O) groups excluding carboxylic acids is 2. The fourth-order valence-corrected chi connectivity index (χ4v) is 6.36. The summed E-state index contributed by atoms with van der Waals surface area (Å²) in [5.41, 5.74) is 1.64. The van der Waals surface area contributed by atoms with Crippen molar-refractivity contribution in [1.29, 1.82) is 0 Å². The summed E-state index contributed by atoms with van der Waals surface area (Å²) in [4.78, 5) is 29.7. The Labute approximate surface area is 258 Å². The van der Waals surface area contributed by atoms with Gasteiger partial charge >= 0.3 is 0 Å². The maximum atomic E-state index is 14.3. The Balaban J connectivity index is 1.77. The molecule has 2 amide bonds. The predicted molar refractivity (Wildman–Crippen MR) is 168 cm³/mol. The van der Waals surface area contributed by atoms with Crippen LogP contribution < -0.4 is 19.1 Å². The highest BCUT2D eigenvalue weighted by molar-refractivity contribution is 7.92. The lowest BCUT2D eigenvalue weighted by atomic mass is 10.0. The molecule has 4 rings (SSSR count). The zero-order valence-corrected chi connectivity index (χ0v) is 26.2. The van der Waals surface area contributed by atoms with E-state index in [2.05, 4.69) is 5.32 Å². The Morgan fingerprint density at radius 1 is 0.977 bits per heavy atom. The lowest BCUT2D eigenvalue weighted by Crippen LogP contribution is -2.54. The molecule has 1 aliphatic rings. The van der Waals surface area contributed by atoms with Gasteiger partial charge in [-0.25, -0.2) is 8.42 Å². The molecule has 0 saturated heterocycles. The lowest BCUT2D eigenvalue weighted by Gasteiger charge is -2.34. The molecular formula is C32H38ClN3O6S. The van der Waals surface area contributed by atoms with Crippen LogP contribution in [0.3, 0.4) is 0 Å². The Hall–Kier alpha value is -3.76. The molecule has 0 spiro atoms. The molecule has 0 heterocycles. The molecule has 3 aromatic carbocycles. The van der Waals surface area contributed by atoms with Crippen LogP contribution in [0.4, 0.5) is 5.69 Å². The maximum absolute atomic E-state index is 14.3. The second kappa shape index (κ2) is 14.6. The molecule has 11 heteroatoms. The second-order valence-electron chi connectivity index (χ2n) is 10.6. The first kappa shape index (κ1) is 32.2. The number of nitrogens with zero attached hydrogens (tertiary/aromatic N) is 2. The first-order valence-electron chi connectivity index (χ1n) is 14.2. The van der Waals surface area contributed by atoms with Crippen LogP contribution in [0.5, 0.6) is 11.5 Å². The van der Waals surface area contributed by atoms with Gasteiger partial charge in [0, 0.05) is 30.1 Å². The molecular weight excluding hydrogens is 590 g/mol. The van der Waals surface area contributed by atoms with E-state index in [9.17, 15) is 18.0 Å². The van der Waals surface area contributed by atoms with Crippen LogP contribution in [-0.2, 0) is 32.6 Å². The van der Waals surface area contributed by atoms with E-state index >= 15 is 0 Å². The van der Waals surface area contributed by atoms with E-state index in [-0.39, 0.29) is 36.4 Å². The van der Waals surface area contributed by atoms with E-state index in [0.29, 0.717) is 16.3 Å². The van der Waals surface area contributed by atoms with Crippen molar-refractivity contribution in [3.8, 4) is 11.5 Å². The Morgan fingerprint density at radius 2 is 1.65 bits per heavy atom. The molecule has 1 saturated carbocycles. The van der Waals surface area contributed by atoms with Gasteiger partial charge in [0.15, 0.2) is 0 Å². The van der Waals surface area contributed by atoms with Crippen molar-refractivity contribution in [2.75, 3.05) is 31.3 Å². The summed E-state index contributed by atoms with van der Waals surface area (Å²) in [7, 11) is -1.11. The van der Waals surface area contributed by atoms with Crippen LogP contribution in [0.25, 0.3) is 0 Å². The Kier molecular flexibility index (Phi) is 10.9. The number of sulfonamides is 1. The van der Waals surface area contributed by atoms with Gasteiger partial charge in [0.25, 0.3) is 0 Å². The SMILES string of the molecule is COc1ccc(OC)c(N(CC(=O)N(Cc2ccccc2Cl)C(Cc2ccccc2)C(=O)NC2CCCC2)S(C)(=O)=O)c1. The summed E-state index contributed by atoms with van der Waals surface area (Å²) in [6.07, 6.45) is 5.06. The van der Waals surface area contributed by atoms with E-state index in [1.165, 1.54) is 25.2 Å². The molecule has 3 aromatic rings. The molecule has 1 unspecified atom stereocenters. The highest BCUT2D eigenvalue weighted by Crippen LogP contribution is 2.34. The quantitative estimate of drug-likeness (QED) is 0.291. The number of carbonyl (C=O) groups is 2. The van der Waals surface area contributed by atoms with Gasteiger partial charge in [0.1, 0.15) is 24.1 Å². The fourth-order valence-electron chi connectivity index (χ4n) is 5.32. The van der Waals surface area contributed by atoms with Crippen LogP contribution >= 0.6 is 11.6 Å². The molecule has 1 N–H and O–H groups in total. The third-order valence-electron chi connectivity index (χ3n) is 7.61. The lowest BCUT2D eigenvalue weighted by molar-refractivity contribution is -0.140. The Morgan fingerprint density at radius 3 is 2.28 bits per heavy atom. The monoisotopic (exact) mass is 627 g/mol. The third kappa shape index (κ3) is 8.42. The highest BCUT2D eigenvalue weighted by Gasteiger charge is 2.35. The van der Waals surface area contributed by atoms with Crippen LogP contribution in [0.15, 0.2) is 72.8 Å². The molecule has 0 bridgehead atoms. The number of halogens is 1. The van der Waals surface area contributed by atoms with Gasteiger partial charge in [-0.15, -0.1) is 0 Å².